The van der Waals surface area contributed by atoms with E-state index >= 15 is 0 Å². The number of carbonyl (C=O) groups excluding carboxylic acids is 1. The molecule has 0 bridgehead atoms. The fraction of sp³-hybridized carbons (Fsp3) is 0.571. The first-order valence-electron chi connectivity index (χ1n) is 6.96. The number of aryl methyl sites for hydroxylation is 1. The van der Waals surface area contributed by atoms with Crippen molar-refractivity contribution in [2.75, 3.05) is 13.1 Å². The molecule has 0 radical (unpaired) electrons. The van der Waals surface area contributed by atoms with E-state index in [2.05, 4.69) is 5.10 Å². The predicted molar refractivity (Wildman–Crippen MR) is 75.0 cm³/mol. The molecule has 1 amide bonds. The first kappa shape index (κ1) is 15.2. The van der Waals surface area contributed by atoms with Gasteiger partial charge < -0.3 is 10.0 Å². The summed E-state index contributed by atoms with van der Waals surface area (Å²) in [6.07, 6.45) is 1.44. The minimum absolute atomic E-state index is 0.205. The monoisotopic (exact) mass is 293 g/mol. The molecule has 114 valence electrons. The summed E-state index contributed by atoms with van der Waals surface area (Å²) in [5, 5.41) is 13.3. The molecular weight excluding hydrogens is 274 g/mol. The van der Waals surface area contributed by atoms with Crippen molar-refractivity contribution in [3.63, 3.8) is 0 Å². The molecule has 2 rings (SSSR count). The van der Waals surface area contributed by atoms with E-state index in [0.29, 0.717) is 32.4 Å². The van der Waals surface area contributed by atoms with E-state index in [1.165, 1.54) is 19.2 Å². The smallest absolute Gasteiger partial charge is 0.309 e. The average molecular weight is 293 g/mol. The number of amides is 1. The van der Waals surface area contributed by atoms with Crippen LogP contribution in [0.15, 0.2) is 16.9 Å². The number of nitrogens with zero attached hydrogens (tertiary/aromatic N) is 3. The third kappa shape index (κ3) is 2.81. The van der Waals surface area contributed by atoms with E-state index in [-0.39, 0.29) is 17.2 Å². The van der Waals surface area contributed by atoms with Gasteiger partial charge in [-0.3, -0.25) is 14.4 Å². The first-order chi connectivity index (χ1) is 9.89. The van der Waals surface area contributed by atoms with Crippen LogP contribution < -0.4 is 5.56 Å². The van der Waals surface area contributed by atoms with Crippen LogP contribution in [0.5, 0.6) is 0 Å². The zero-order valence-corrected chi connectivity index (χ0v) is 12.2. The molecule has 1 fully saturated rings. The molecule has 0 saturated carbocycles. The van der Waals surface area contributed by atoms with E-state index in [1.807, 2.05) is 6.92 Å². The molecular formula is C14H19N3O4. The molecule has 1 aromatic rings. The molecule has 1 aliphatic heterocycles. The third-order valence-electron chi connectivity index (χ3n) is 4.32. The number of aliphatic carboxylic acids is 1. The Morgan fingerprint density at radius 3 is 2.43 bits per heavy atom. The Bertz CT molecular complexity index is 615. The van der Waals surface area contributed by atoms with Crippen LogP contribution in [0.1, 0.15) is 36.7 Å². The van der Waals surface area contributed by atoms with Gasteiger partial charge in [0.05, 0.1) is 5.41 Å². The van der Waals surface area contributed by atoms with E-state index in [9.17, 15) is 19.5 Å². The lowest BCUT2D eigenvalue weighted by molar-refractivity contribution is -0.152. The minimum atomic E-state index is -0.794. The van der Waals surface area contributed by atoms with Crippen LogP contribution in [0.2, 0.25) is 0 Å². The van der Waals surface area contributed by atoms with Crippen molar-refractivity contribution in [1.82, 2.24) is 14.7 Å². The predicted octanol–water partition coefficient (Wildman–Crippen LogP) is 0.497. The van der Waals surface area contributed by atoms with E-state index < -0.39 is 11.4 Å². The number of piperidine rings is 1. The van der Waals surface area contributed by atoms with Crippen molar-refractivity contribution in [2.45, 2.75) is 26.2 Å². The van der Waals surface area contributed by atoms with Gasteiger partial charge in [-0.25, -0.2) is 4.68 Å². The largest absolute Gasteiger partial charge is 0.481 e. The Kier molecular flexibility index (Phi) is 4.11. The van der Waals surface area contributed by atoms with Crippen LogP contribution in [0.25, 0.3) is 0 Å². The summed E-state index contributed by atoms with van der Waals surface area (Å²) >= 11 is 0. The summed E-state index contributed by atoms with van der Waals surface area (Å²) in [6.45, 7) is 2.65. The minimum Gasteiger partial charge on any atom is -0.481 e. The molecule has 0 unspecified atom stereocenters. The Morgan fingerprint density at radius 2 is 1.95 bits per heavy atom. The van der Waals surface area contributed by atoms with Crippen molar-refractivity contribution in [3.8, 4) is 0 Å². The van der Waals surface area contributed by atoms with Crippen LogP contribution in [0.3, 0.4) is 0 Å². The summed E-state index contributed by atoms with van der Waals surface area (Å²) in [4.78, 5) is 36.6. The number of likely N-dealkylation sites (tertiary alicyclic amines) is 1. The highest BCUT2D eigenvalue weighted by molar-refractivity contribution is 5.92. The van der Waals surface area contributed by atoms with Gasteiger partial charge in [-0.05, 0) is 25.3 Å². The number of carbonyl (C=O) groups is 2. The van der Waals surface area contributed by atoms with E-state index in [4.69, 9.17) is 0 Å². The number of rotatable bonds is 3. The second-order valence-electron chi connectivity index (χ2n) is 5.41. The topological polar surface area (TPSA) is 92.5 Å². The van der Waals surface area contributed by atoms with Crippen LogP contribution in [-0.4, -0.2) is 44.8 Å². The van der Waals surface area contributed by atoms with Crippen LogP contribution >= 0.6 is 0 Å². The molecule has 7 heteroatoms. The van der Waals surface area contributed by atoms with Crippen LogP contribution in [-0.2, 0) is 11.8 Å². The molecule has 7 nitrogen and oxygen atoms in total. The van der Waals surface area contributed by atoms with Gasteiger partial charge in [0.2, 0.25) is 0 Å². The Labute approximate surface area is 122 Å². The fourth-order valence-corrected chi connectivity index (χ4v) is 2.63. The molecule has 1 aliphatic rings. The van der Waals surface area contributed by atoms with Crippen molar-refractivity contribution < 1.29 is 14.7 Å². The van der Waals surface area contributed by atoms with Gasteiger partial charge in [-0.2, -0.15) is 5.10 Å². The summed E-state index contributed by atoms with van der Waals surface area (Å²) in [7, 11) is 1.49. The Balaban J connectivity index is 2.11. The lowest BCUT2D eigenvalue weighted by Gasteiger charge is -2.38. The number of hydrogen-bond acceptors (Lipinski definition) is 4. The number of carboxylic acid groups (broad SMARTS) is 1. The molecule has 0 aliphatic carbocycles. The van der Waals surface area contributed by atoms with Crippen molar-refractivity contribution in [1.29, 1.82) is 0 Å². The van der Waals surface area contributed by atoms with Crippen LogP contribution in [0.4, 0.5) is 0 Å². The highest BCUT2D eigenvalue weighted by Crippen LogP contribution is 2.35. The second-order valence-corrected chi connectivity index (χ2v) is 5.41. The molecule has 1 saturated heterocycles. The van der Waals surface area contributed by atoms with Gasteiger partial charge in [0.1, 0.15) is 5.69 Å². The zero-order valence-electron chi connectivity index (χ0n) is 12.2. The Hall–Kier alpha value is -2.18. The zero-order chi connectivity index (χ0) is 15.6. The van der Waals surface area contributed by atoms with Gasteiger partial charge in [-0.15, -0.1) is 0 Å². The van der Waals surface area contributed by atoms with Crippen molar-refractivity contribution in [2.24, 2.45) is 12.5 Å². The molecule has 21 heavy (non-hydrogen) atoms. The lowest BCUT2D eigenvalue weighted by atomic mass is 9.76. The van der Waals surface area contributed by atoms with Crippen LogP contribution in [0, 0.1) is 5.41 Å². The van der Waals surface area contributed by atoms with Gasteiger partial charge >= 0.3 is 5.97 Å². The number of hydrogen-bond donors (Lipinski definition) is 1. The standard InChI is InChI=1S/C14H19N3O4/c1-3-14(13(20)21)6-8-17(9-7-14)12(19)10-4-5-11(18)16(2)15-10/h4-5H,3,6-9H2,1-2H3,(H,20,21). The number of carboxylic acids is 1. The summed E-state index contributed by atoms with van der Waals surface area (Å²) in [5.74, 6) is -1.06. The SMILES string of the molecule is CCC1(C(=O)O)CCN(C(=O)c2ccc(=O)n(C)n2)CC1. The highest BCUT2D eigenvalue weighted by Gasteiger charge is 2.41. The molecule has 0 spiro atoms. The Morgan fingerprint density at radius 1 is 1.33 bits per heavy atom. The normalized spacial score (nSPS) is 17.5. The van der Waals surface area contributed by atoms with E-state index in [1.54, 1.807) is 4.90 Å². The maximum atomic E-state index is 12.3. The maximum absolute atomic E-state index is 12.3. The van der Waals surface area contributed by atoms with Gasteiger partial charge in [0.25, 0.3) is 11.5 Å². The maximum Gasteiger partial charge on any atom is 0.309 e. The van der Waals surface area contributed by atoms with Gasteiger partial charge in [-0.1, -0.05) is 6.92 Å². The highest BCUT2D eigenvalue weighted by atomic mass is 16.4. The quantitative estimate of drug-likeness (QED) is 0.876. The first-order valence-corrected chi connectivity index (χ1v) is 6.96. The summed E-state index contributed by atoms with van der Waals surface area (Å²) in [6, 6.07) is 2.71. The second kappa shape index (κ2) is 5.67. The van der Waals surface area contributed by atoms with Gasteiger partial charge in [0, 0.05) is 26.2 Å². The molecule has 0 aromatic carbocycles. The lowest BCUT2D eigenvalue weighted by Crippen LogP contribution is -2.46. The van der Waals surface area contributed by atoms with Crippen molar-refractivity contribution in [3.05, 3.63) is 28.2 Å². The molecule has 2 heterocycles. The molecule has 0 atom stereocenters. The van der Waals surface area contributed by atoms with Crippen molar-refractivity contribution >= 4 is 11.9 Å². The third-order valence-corrected chi connectivity index (χ3v) is 4.32. The number of aromatic nitrogens is 2. The molecule has 1 N–H and O–H groups in total. The fourth-order valence-electron chi connectivity index (χ4n) is 2.63. The average Bonchev–Trinajstić information content (AvgIpc) is 2.49. The van der Waals surface area contributed by atoms with E-state index in [0.717, 1.165) is 4.68 Å². The summed E-state index contributed by atoms with van der Waals surface area (Å²) in [5.41, 5.74) is -0.800. The molecule has 1 aromatic heterocycles. The van der Waals surface area contributed by atoms with Gasteiger partial charge in [0.15, 0.2) is 0 Å². The summed E-state index contributed by atoms with van der Waals surface area (Å²) < 4.78 is 1.12.